The minimum Gasteiger partial charge on any atom is -0.398 e. The molecule has 0 fully saturated rings. The van der Waals surface area contributed by atoms with E-state index in [1.807, 2.05) is 0 Å². The fraction of sp³-hybridized carbons (Fsp3) is 0.564. The Morgan fingerprint density at radius 2 is 0.596 bits per heavy atom. The minimum absolute atomic E-state index is 0.513. The van der Waals surface area contributed by atoms with Crippen molar-refractivity contribution in [3.63, 3.8) is 0 Å². The first-order valence-corrected chi connectivity index (χ1v) is 23.2. The average Bonchev–Trinajstić information content (AvgIpc) is 3.11. The van der Waals surface area contributed by atoms with Crippen LogP contribution in [0.3, 0.4) is 0 Å². The van der Waals surface area contributed by atoms with Gasteiger partial charge in [-0.1, -0.05) is 215 Å². The normalized spacial score (nSPS) is 11.9. The second-order valence-corrected chi connectivity index (χ2v) is 20.5. The summed E-state index contributed by atoms with van der Waals surface area (Å²) in [4.78, 5) is 0. The van der Waals surface area contributed by atoms with Crippen LogP contribution >= 0.6 is 15.9 Å². The summed E-state index contributed by atoms with van der Waals surface area (Å²) in [6.07, 6.45) is 1.06. The molecule has 0 bridgehead atoms. The van der Waals surface area contributed by atoms with Crippen LogP contribution in [0.2, 0.25) is 0 Å². The van der Waals surface area contributed by atoms with Crippen molar-refractivity contribution in [1.82, 2.24) is 0 Å². The monoisotopic (exact) mass is 838 g/mol. The number of benzene rings is 4. The summed E-state index contributed by atoms with van der Waals surface area (Å²) in [6, 6.07) is 23.0. The maximum Gasteiger partial charge on any atom is 0.0384 e. The third-order valence-electron chi connectivity index (χ3n) is 11.6. The van der Waals surface area contributed by atoms with Crippen molar-refractivity contribution < 1.29 is 0 Å². The number of hydrogen-bond donors (Lipinski definition) is 1. The Labute approximate surface area is 361 Å². The van der Waals surface area contributed by atoms with E-state index < -0.39 is 0 Å². The van der Waals surface area contributed by atoms with E-state index in [1.54, 1.807) is 22.3 Å². The van der Waals surface area contributed by atoms with Crippen molar-refractivity contribution in [2.45, 2.75) is 204 Å². The van der Waals surface area contributed by atoms with Crippen molar-refractivity contribution in [1.29, 1.82) is 0 Å². The van der Waals surface area contributed by atoms with Gasteiger partial charge in [0.05, 0.1) is 0 Å². The topological polar surface area (TPSA) is 26.0 Å². The molecule has 0 spiro atoms. The van der Waals surface area contributed by atoms with E-state index >= 15 is 0 Å². The number of hydrogen-bond acceptors (Lipinski definition) is 1. The molecule has 0 saturated heterocycles. The van der Waals surface area contributed by atoms with Crippen LogP contribution in [0.4, 0.5) is 5.69 Å². The van der Waals surface area contributed by atoms with Gasteiger partial charge in [0.25, 0.3) is 0 Å². The summed E-state index contributed by atoms with van der Waals surface area (Å²) in [5.74, 6) is 5.52. The van der Waals surface area contributed by atoms with Crippen LogP contribution in [-0.2, 0) is 6.42 Å². The highest BCUT2D eigenvalue weighted by Gasteiger charge is 2.21. The molecule has 0 aliphatic heterocycles. The van der Waals surface area contributed by atoms with Crippen molar-refractivity contribution in [2.24, 2.45) is 0 Å². The molecule has 0 radical (unpaired) electrons. The lowest BCUT2D eigenvalue weighted by Gasteiger charge is -2.26. The Kier molecular flexibility index (Phi) is 19.9. The first-order chi connectivity index (χ1) is 26.4. The molecule has 316 valence electrons. The van der Waals surface area contributed by atoms with Gasteiger partial charge in [-0.3, -0.25) is 0 Å². The Hall–Kier alpha value is -2.84. The standard InChI is InChI=1S/C28H42.C15H23Br.C12H19N/c1-17(2)22-14-25(20(7)8)28(26(15-22)21(9)10)16-27-23(18(3)4)12-11-13-24(27)19(5)6;1-9(2)12-7-13(10(3)4)15(16)14(8-12)11(5)6;1-8(2)10-6-5-7-11(9(3)4)12(10)13/h11-15,17-21H,16H2,1-10H3;7-11H,1-6H3;5-9H,13H2,1-4H3. The number of para-hydroxylation sites is 1. The summed E-state index contributed by atoms with van der Waals surface area (Å²) in [5, 5.41) is 0. The molecule has 4 rings (SSSR count). The second-order valence-electron chi connectivity index (χ2n) is 19.7. The Bertz CT molecular complexity index is 1740. The van der Waals surface area contributed by atoms with Crippen LogP contribution in [0.25, 0.3) is 0 Å². The molecular formula is C55H84BrN. The average molecular weight is 839 g/mol. The number of nitrogen functional groups attached to an aromatic ring is 1. The highest BCUT2D eigenvalue weighted by Crippen LogP contribution is 2.38. The van der Waals surface area contributed by atoms with Gasteiger partial charge in [-0.15, -0.1) is 0 Å². The van der Waals surface area contributed by atoms with Gasteiger partial charge < -0.3 is 5.73 Å². The first kappa shape index (κ1) is 50.3. The van der Waals surface area contributed by atoms with Gasteiger partial charge in [0, 0.05) is 10.2 Å². The maximum atomic E-state index is 6.09. The van der Waals surface area contributed by atoms with Crippen LogP contribution in [-0.4, -0.2) is 0 Å². The number of nitrogens with two attached hydrogens (primary N) is 1. The van der Waals surface area contributed by atoms with Crippen molar-refractivity contribution in [3.8, 4) is 0 Å². The molecule has 0 heterocycles. The molecule has 0 amide bonds. The Balaban J connectivity index is 0.000000326. The molecule has 0 atom stereocenters. The predicted molar refractivity (Wildman–Crippen MR) is 262 cm³/mol. The number of rotatable bonds is 12. The van der Waals surface area contributed by atoms with E-state index in [0.717, 1.165) is 12.1 Å². The smallest absolute Gasteiger partial charge is 0.0384 e. The van der Waals surface area contributed by atoms with E-state index in [4.69, 9.17) is 5.73 Å². The summed E-state index contributed by atoms with van der Waals surface area (Å²) >= 11 is 3.77. The molecule has 0 unspecified atom stereocenters. The molecule has 0 aliphatic rings. The fourth-order valence-electron chi connectivity index (χ4n) is 7.87. The van der Waals surface area contributed by atoms with Crippen LogP contribution in [0.5, 0.6) is 0 Å². The summed E-state index contributed by atoms with van der Waals surface area (Å²) in [7, 11) is 0. The third kappa shape index (κ3) is 13.6. The van der Waals surface area contributed by atoms with Gasteiger partial charge in [0.15, 0.2) is 0 Å². The van der Waals surface area contributed by atoms with Crippen molar-refractivity contribution in [3.05, 3.63) is 132 Å². The lowest BCUT2D eigenvalue weighted by Crippen LogP contribution is -2.11. The van der Waals surface area contributed by atoms with Gasteiger partial charge >= 0.3 is 0 Å². The second kappa shape index (κ2) is 22.5. The zero-order chi connectivity index (χ0) is 43.6. The van der Waals surface area contributed by atoms with Crippen LogP contribution < -0.4 is 5.73 Å². The van der Waals surface area contributed by atoms with E-state index in [9.17, 15) is 0 Å². The summed E-state index contributed by atoms with van der Waals surface area (Å²) < 4.78 is 1.31. The van der Waals surface area contributed by atoms with Crippen molar-refractivity contribution in [2.75, 3.05) is 5.73 Å². The molecule has 4 aromatic rings. The summed E-state index contributed by atoms with van der Waals surface area (Å²) in [6.45, 7) is 45.6. The molecule has 0 aromatic heterocycles. The minimum atomic E-state index is 0.513. The molecule has 4 aromatic carbocycles. The molecule has 2 N–H and O–H groups in total. The van der Waals surface area contributed by atoms with Crippen molar-refractivity contribution >= 4 is 21.6 Å². The van der Waals surface area contributed by atoms with Gasteiger partial charge in [0.1, 0.15) is 0 Å². The SMILES string of the molecule is CC(C)c1cc(C(C)C)c(Br)c(C(C)C)c1.CC(C)c1cc(C(C)C)c(Cc2c(C(C)C)cccc2C(C)C)c(C(C)C)c1.CC(C)c1cccc(C(C)C)c1N. The van der Waals surface area contributed by atoms with Crippen LogP contribution in [0.15, 0.2) is 65.1 Å². The van der Waals surface area contributed by atoms with Gasteiger partial charge in [-0.2, -0.15) is 0 Å². The van der Waals surface area contributed by atoms with Crippen LogP contribution in [0.1, 0.15) is 264 Å². The fourth-order valence-corrected chi connectivity index (χ4v) is 9.02. The lowest BCUT2D eigenvalue weighted by molar-refractivity contribution is 0.768. The first-order valence-electron chi connectivity index (χ1n) is 22.4. The summed E-state index contributed by atoms with van der Waals surface area (Å²) in [5.41, 5.74) is 24.7. The largest absolute Gasteiger partial charge is 0.398 e. The Morgan fingerprint density at radius 3 is 0.860 bits per heavy atom. The maximum absolute atomic E-state index is 6.09. The zero-order valence-corrected chi connectivity index (χ0v) is 41.8. The van der Waals surface area contributed by atoms with E-state index in [-0.39, 0.29) is 0 Å². The number of anilines is 1. The van der Waals surface area contributed by atoms with E-state index in [1.165, 1.54) is 49.0 Å². The van der Waals surface area contributed by atoms with E-state index in [2.05, 4.69) is 215 Å². The molecule has 57 heavy (non-hydrogen) atoms. The van der Waals surface area contributed by atoms with Gasteiger partial charge in [-0.25, -0.2) is 0 Å². The number of halogens is 1. The van der Waals surface area contributed by atoms with E-state index in [0.29, 0.717) is 59.2 Å². The molecule has 0 aliphatic carbocycles. The molecule has 0 saturated carbocycles. The zero-order valence-electron chi connectivity index (χ0n) is 40.2. The highest BCUT2D eigenvalue weighted by atomic mass is 79.9. The molecule has 2 heteroatoms. The highest BCUT2D eigenvalue weighted by molar-refractivity contribution is 9.10. The lowest BCUT2D eigenvalue weighted by atomic mass is 9.79. The van der Waals surface area contributed by atoms with Gasteiger partial charge in [0.2, 0.25) is 0 Å². The Morgan fingerprint density at radius 1 is 0.351 bits per heavy atom. The molecule has 1 nitrogen and oxygen atoms in total. The third-order valence-corrected chi connectivity index (χ3v) is 12.5. The molecular weight excluding hydrogens is 755 g/mol. The van der Waals surface area contributed by atoms with Crippen LogP contribution in [0, 0.1) is 0 Å². The predicted octanol–water partition coefficient (Wildman–Crippen LogP) is 18.2. The quantitative estimate of drug-likeness (QED) is 0.141. The van der Waals surface area contributed by atoms with Gasteiger partial charge in [-0.05, 0) is 132 Å².